The summed E-state index contributed by atoms with van der Waals surface area (Å²) in [7, 11) is 0. The van der Waals surface area contributed by atoms with Crippen LogP contribution in [-0.4, -0.2) is 22.6 Å². The molecule has 4 nitrogen and oxygen atoms in total. The van der Waals surface area contributed by atoms with Crippen molar-refractivity contribution >= 4 is 6.29 Å². The van der Waals surface area contributed by atoms with Crippen molar-refractivity contribution in [3.63, 3.8) is 0 Å². The van der Waals surface area contributed by atoms with Crippen LogP contribution in [-0.2, 0) is 5.72 Å². The van der Waals surface area contributed by atoms with Gasteiger partial charge >= 0.3 is 0 Å². The van der Waals surface area contributed by atoms with Crippen LogP contribution in [0.2, 0.25) is 0 Å². The molecule has 0 aliphatic heterocycles. The molecule has 0 amide bonds. The predicted molar refractivity (Wildman–Crippen MR) is 65.4 cm³/mol. The van der Waals surface area contributed by atoms with Crippen molar-refractivity contribution in [1.82, 2.24) is 0 Å². The van der Waals surface area contributed by atoms with E-state index in [1.165, 1.54) is 0 Å². The number of nitrogens with two attached hydrogens (primary N) is 1. The second-order valence-electron chi connectivity index (χ2n) is 5.33. The van der Waals surface area contributed by atoms with Crippen LogP contribution in [0.25, 0.3) is 0 Å². The van der Waals surface area contributed by atoms with Crippen molar-refractivity contribution in [2.24, 2.45) is 11.1 Å². The van der Waals surface area contributed by atoms with Gasteiger partial charge in [0.15, 0.2) is 5.72 Å². The van der Waals surface area contributed by atoms with Gasteiger partial charge in [0.2, 0.25) is 0 Å². The van der Waals surface area contributed by atoms with Crippen LogP contribution in [0, 0.1) is 5.41 Å². The summed E-state index contributed by atoms with van der Waals surface area (Å²) in [5.74, 6) is 0. The number of benzene rings is 1. The van der Waals surface area contributed by atoms with E-state index < -0.39 is 17.2 Å². The van der Waals surface area contributed by atoms with Crippen molar-refractivity contribution in [2.75, 3.05) is 0 Å². The molecule has 0 saturated heterocycles. The molecular formula is C13H19NO3. The standard InChI is InChI=1S/C13H19NO3/c1-12(2,3)11(16)13(14,17)10-6-4-9(8-15)5-7-10/h4-8,11,16-17H,14H2,1-3H3/t11-,13-/m0/s1. The Kier molecular flexibility index (Phi) is 3.71. The zero-order valence-electron chi connectivity index (χ0n) is 10.3. The summed E-state index contributed by atoms with van der Waals surface area (Å²) in [6, 6.07) is 6.18. The van der Waals surface area contributed by atoms with Gasteiger partial charge in [0.1, 0.15) is 12.4 Å². The maximum atomic E-state index is 10.5. The Balaban J connectivity index is 3.07. The monoisotopic (exact) mass is 237 g/mol. The molecule has 2 atom stereocenters. The van der Waals surface area contributed by atoms with Crippen LogP contribution in [0.1, 0.15) is 36.7 Å². The van der Waals surface area contributed by atoms with Gasteiger partial charge in [-0.15, -0.1) is 0 Å². The average molecular weight is 237 g/mol. The van der Waals surface area contributed by atoms with Gasteiger partial charge in [0, 0.05) is 11.1 Å². The highest BCUT2D eigenvalue weighted by atomic mass is 16.4. The molecule has 17 heavy (non-hydrogen) atoms. The maximum Gasteiger partial charge on any atom is 0.166 e. The third kappa shape index (κ3) is 2.91. The first-order valence-electron chi connectivity index (χ1n) is 5.44. The molecule has 0 spiro atoms. The van der Waals surface area contributed by atoms with E-state index in [-0.39, 0.29) is 0 Å². The molecule has 1 aromatic rings. The van der Waals surface area contributed by atoms with Gasteiger partial charge in [-0.05, 0) is 5.41 Å². The number of carbonyl (C=O) groups is 1. The molecule has 0 saturated carbocycles. The first kappa shape index (κ1) is 13.8. The molecule has 0 aromatic heterocycles. The first-order valence-corrected chi connectivity index (χ1v) is 5.44. The Morgan fingerprint density at radius 3 is 2.06 bits per heavy atom. The summed E-state index contributed by atoms with van der Waals surface area (Å²) in [6.07, 6.45) is -0.406. The fourth-order valence-corrected chi connectivity index (χ4v) is 1.65. The smallest absolute Gasteiger partial charge is 0.166 e. The lowest BCUT2D eigenvalue weighted by molar-refractivity contribution is -0.123. The Morgan fingerprint density at radius 1 is 1.24 bits per heavy atom. The van der Waals surface area contributed by atoms with Crippen molar-refractivity contribution in [2.45, 2.75) is 32.6 Å². The molecule has 0 aliphatic rings. The highest BCUT2D eigenvalue weighted by Gasteiger charge is 2.40. The van der Waals surface area contributed by atoms with E-state index >= 15 is 0 Å². The largest absolute Gasteiger partial charge is 0.388 e. The topological polar surface area (TPSA) is 83.6 Å². The molecule has 4 N–H and O–H groups in total. The van der Waals surface area contributed by atoms with Crippen molar-refractivity contribution in [3.05, 3.63) is 35.4 Å². The van der Waals surface area contributed by atoms with Crippen LogP contribution < -0.4 is 5.73 Å². The van der Waals surface area contributed by atoms with Crippen LogP contribution in [0.5, 0.6) is 0 Å². The van der Waals surface area contributed by atoms with Crippen LogP contribution in [0.15, 0.2) is 24.3 Å². The average Bonchev–Trinajstić information content (AvgIpc) is 2.27. The van der Waals surface area contributed by atoms with Crippen LogP contribution >= 0.6 is 0 Å². The van der Waals surface area contributed by atoms with Crippen molar-refractivity contribution in [1.29, 1.82) is 0 Å². The van der Waals surface area contributed by atoms with Gasteiger partial charge in [-0.1, -0.05) is 45.0 Å². The number of rotatable bonds is 3. The van der Waals surface area contributed by atoms with Crippen LogP contribution in [0.4, 0.5) is 0 Å². The molecule has 0 unspecified atom stereocenters. The van der Waals surface area contributed by atoms with Gasteiger partial charge in [-0.3, -0.25) is 10.5 Å². The maximum absolute atomic E-state index is 10.5. The molecule has 0 fully saturated rings. The molecule has 1 rings (SSSR count). The van der Waals surface area contributed by atoms with E-state index in [4.69, 9.17) is 5.73 Å². The van der Waals surface area contributed by atoms with Crippen molar-refractivity contribution < 1.29 is 15.0 Å². The summed E-state index contributed by atoms with van der Waals surface area (Å²) in [4.78, 5) is 10.5. The zero-order chi connectivity index (χ0) is 13.3. The lowest BCUT2D eigenvalue weighted by Crippen LogP contribution is -2.53. The van der Waals surface area contributed by atoms with Gasteiger partial charge in [0.05, 0.1) is 0 Å². The summed E-state index contributed by atoms with van der Waals surface area (Å²) in [5, 5.41) is 20.2. The van der Waals surface area contributed by atoms with E-state index in [1.807, 2.05) is 0 Å². The number of carbonyl (C=O) groups excluding carboxylic acids is 1. The first-order chi connectivity index (χ1) is 7.69. The normalized spacial score (nSPS) is 17.3. The van der Waals surface area contributed by atoms with Crippen molar-refractivity contribution in [3.8, 4) is 0 Å². The predicted octanol–water partition coefficient (Wildman–Crippen LogP) is 1.01. The number of hydrogen-bond donors (Lipinski definition) is 3. The Morgan fingerprint density at radius 2 is 1.71 bits per heavy atom. The summed E-state index contributed by atoms with van der Waals surface area (Å²) >= 11 is 0. The number of aldehydes is 1. The van der Waals surface area contributed by atoms with Gasteiger partial charge in [0.25, 0.3) is 0 Å². The van der Waals surface area contributed by atoms with E-state index in [0.29, 0.717) is 17.4 Å². The molecular weight excluding hydrogens is 218 g/mol. The van der Waals surface area contributed by atoms with Gasteiger partial charge < -0.3 is 10.2 Å². The second-order valence-corrected chi connectivity index (χ2v) is 5.33. The minimum Gasteiger partial charge on any atom is -0.388 e. The second kappa shape index (κ2) is 4.56. The molecule has 4 heteroatoms. The third-order valence-corrected chi connectivity index (χ3v) is 2.75. The highest BCUT2D eigenvalue weighted by Crippen LogP contribution is 2.31. The van der Waals surface area contributed by atoms with Gasteiger partial charge in [-0.2, -0.15) is 0 Å². The number of hydrogen-bond acceptors (Lipinski definition) is 4. The summed E-state index contributed by atoms with van der Waals surface area (Å²) < 4.78 is 0. The third-order valence-electron chi connectivity index (χ3n) is 2.75. The van der Waals surface area contributed by atoms with E-state index in [9.17, 15) is 15.0 Å². The minimum absolute atomic E-state index is 0.380. The molecule has 94 valence electrons. The molecule has 0 heterocycles. The fraction of sp³-hybridized carbons (Fsp3) is 0.462. The lowest BCUT2D eigenvalue weighted by atomic mass is 9.80. The zero-order valence-corrected chi connectivity index (χ0v) is 10.3. The fourth-order valence-electron chi connectivity index (χ4n) is 1.65. The highest BCUT2D eigenvalue weighted by molar-refractivity contribution is 5.74. The minimum atomic E-state index is -1.83. The lowest BCUT2D eigenvalue weighted by Gasteiger charge is -2.37. The molecule has 0 bridgehead atoms. The molecule has 0 radical (unpaired) electrons. The van der Waals surface area contributed by atoms with Crippen LogP contribution in [0.3, 0.4) is 0 Å². The van der Waals surface area contributed by atoms with E-state index in [0.717, 1.165) is 0 Å². The molecule has 0 aliphatic carbocycles. The Hall–Kier alpha value is -1.23. The molecule has 1 aromatic carbocycles. The Labute approximate surface area is 101 Å². The quantitative estimate of drug-likeness (QED) is 0.541. The van der Waals surface area contributed by atoms with Gasteiger partial charge in [-0.25, -0.2) is 0 Å². The number of aliphatic hydroxyl groups excluding tert-OH is 1. The van der Waals surface area contributed by atoms with E-state index in [1.54, 1.807) is 45.0 Å². The summed E-state index contributed by atoms with van der Waals surface area (Å²) in [5.41, 5.74) is 4.27. The summed E-state index contributed by atoms with van der Waals surface area (Å²) in [6.45, 7) is 5.36. The number of aliphatic hydroxyl groups is 2. The Bertz CT molecular complexity index is 390. The van der Waals surface area contributed by atoms with E-state index in [2.05, 4.69) is 0 Å². The SMILES string of the molecule is CC(C)(C)[C@H](O)[C@@](N)(O)c1ccc(C=O)cc1.